The van der Waals surface area contributed by atoms with E-state index in [1.54, 1.807) is 0 Å². The molecule has 0 aromatic heterocycles. The van der Waals surface area contributed by atoms with Crippen LogP contribution in [0.5, 0.6) is 0 Å². The molecule has 3 nitrogen and oxygen atoms in total. The lowest BCUT2D eigenvalue weighted by Crippen LogP contribution is -2.43. The van der Waals surface area contributed by atoms with E-state index >= 15 is 0 Å². The molecule has 2 fully saturated rings. The lowest BCUT2D eigenvalue weighted by atomic mass is 10.1. The van der Waals surface area contributed by atoms with Crippen molar-refractivity contribution in [1.29, 1.82) is 0 Å². The van der Waals surface area contributed by atoms with Crippen LogP contribution in [0.4, 0.5) is 0 Å². The van der Waals surface area contributed by atoms with E-state index in [0.717, 1.165) is 19.4 Å². The molecule has 0 aromatic rings. The summed E-state index contributed by atoms with van der Waals surface area (Å²) in [5.41, 5.74) is 5.74. The van der Waals surface area contributed by atoms with Crippen LogP contribution in [0.15, 0.2) is 0 Å². The van der Waals surface area contributed by atoms with Gasteiger partial charge in [0.25, 0.3) is 0 Å². The van der Waals surface area contributed by atoms with Gasteiger partial charge in [-0.3, -0.25) is 4.79 Å². The second-order valence-corrected chi connectivity index (χ2v) is 3.87. The average molecular weight is 168 g/mol. The number of fused-ring (bicyclic) bond motifs is 1. The zero-order chi connectivity index (χ0) is 8.55. The Kier molecular flexibility index (Phi) is 2.05. The minimum absolute atomic E-state index is 0.190. The quantitative estimate of drug-likeness (QED) is 0.572. The van der Waals surface area contributed by atoms with Crippen LogP contribution in [0.1, 0.15) is 32.1 Å². The molecule has 12 heavy (non-hydrogen) atoms. The van der Waals surface area contributed by atoms with Crippen molar-refractivity contribution < 1.29 is 4.79 Å². The van der Waals surface area contributed by atoms with Crippen molar-refractivity contribution in [3.8, 4) is 0 Å². The highest BCUT2D eigenvalue weighted by Gasteiger charge is 2.33. The summed E-state index contributed by atoms with van der Waals surface area (Å²) >= 11 is 0. The fourth-order valence-electron chi connectivity index (χ4n) is 2.34. The first-order valence-electron chi connectivity index (χ1n) is 4.85. The molecule has 68 valence electrons. The second-order valence-electron chi connectivity index (χ2n) is 3.87. The Morgan fingerprint density at radius 2 is 2.00 bits per heavy atom. The van der Waals surface area contributed by atoms with Crippen LogP contribution in [0.25, 0.3) is 0 Å². The van der Waals surface area contributed by atoms with Crippen molar-refractivity contribution in [3.63, 3.8) is 0 Å². The normalized spacial score (nSPS) is 36.4. The first kappa shape index (κ1) is 8.05. The van der Waals surface area contributed by atoms with Crippen LogP contribution in [0.3, 0.4) is 0 Å². The van der Waals surface area contributed by atoms with E-state index in [1.165, 1.54) is 19.3 Å². The molecule has 2 heterocycles. The van der Waals surface area contributed by atoms with Gasteiger partial charge in [-0.25, -0.2) is 0 Å². The molecule has 2 N–H and O–H groups in total. The third-order valence-electron chi connectivity index (χ3n) is 3.03. The molecule has 0 saturated carbocycles. The maximum Gasteiger partial charge on any atom is 0.239 e. The molecule has 0 aliphatic carbocycles. The Bertz CT molecular complexity index is 193. The van der Waals surface area contributed by atoms with E-state index in [4.69, 9.17) is 5.73 Å². The molecule has 2 saturated heterocycles. The average Bonchev–Trinajstić information content (AvgIpc) is 2.46. The van der Waals surface area contributed by atoms with Gasteiger partial charge < -0.3 is 10.6 Å². The lowest BCUT2D eigenvalue weighted by molar-refractivity contribution is -0.132. The van der Waals surface area contributed by atoms with Gasteiger partial charge in [0.2, 0.25) is 5.91 Å². The highest BCUT2D eigenvalue weighted by atomic mass is 16.2. The number of hydrogen-bond donors (Lipinski definition) is 1. The van der Waals surface area contributed by atoms with Crippen LogP contribution in [0, 0.1) is 0 Å². The molecule has 2 aliphatic rings. The summed E-state index contributed by atoms with van der Waals surface area (Å²) in [6, 6.07) is 0.305. The van der Waals surface area contributed by atoms with E-state index in [9.17, 15) is 4.79 Å². The number of carbonyl (C=O) groups excluding carboxylic acids is 1. The Labute approximate surface area is 72.9 Å². The molecule has 2 atom stereocenters. The molecular weight excluding hydrogens is 152 g/mol. The second kappa shape index (κ2) is 3.05. The monoisotopic (exact) mass is 168 g/mol. The van der Waals surface area contributed by atoms with Gasteiger partial charge in [0.05, 0.1) is 6.04 Å². The molecular formula is C9H16N2O. The number of carbonyl (C=O) groups is 1. The number of nitrogens with zero attached hydrogens (tertiary/aromatic N) is 1. The van der Waals surface area contributed by atoms with E-state index in [0.29, 0.717) is 6.04 Å². The van der Waals surface area contributed by atoms with Gasteiger partial charge >= 0.3 is 0 Å². The van der Waals surface area contributed by atoms with Gasteiger partial charge in [0.1, 0.15) is 0 Å². The van der Waals surface area contributed by atoms with Crippen molar-refractivity contribution in [2.45, 2.75) is 44.2 Å². The van der Waals surface area contributed by atoms with Crippen LogP contribution < -0.4 is 5.73 Å². The van der Waals surface area contributed by atoms with Crippen LogP contribution in [-0.4, -0.2) is 29.4 Å². The summed E-state index contributed by atoms with van der Waals surface area (Å²) in [5.74, 6) is 0.190. The molecule has 3 heteroatoms. The van der Waals surface area contributed by atoms with Gasteiger partial charge in [-0.15, -0.1) is 0 Å². The highest BCUT2D eigenvalue weighted by Crippen LogP contribution is 2.26. The van der Waals surface area contributed by atoms with Gasteiger partial charge in [-0.2, -0.15) is 0 Å². The summed E-state index contributed by atoms with van der Waals surface area (Å²) in [4.78, 5) is 13.6. The highest BCUT2D eigenvalue weighted by molar-refractivity contribution is 5.82. The molecule has 0 aromatic carbocycles. The number of amides is 1. The zero-order valence-electron chi connectivity index (χ0n) is 7.33. The topological polar surface area (TPSA) is 46.3 Å². The Morgan fingerprint density at radius 3 is 2.83 bits per heavy atom. The van der Waals surface area contributed by atoms with E-state index in [-0.39, 0.29) is 11.9 Å². The maximum atomic E-state index is 11.6. The standard InChI is InChI=1S/C9H16N2O/c10-8-5-1-3-7-4-2-6-11(7)9(8)12/h7-8H,1-6,10H2/t7?,8-/m0/s1. The fraction of sp³-hybridized carbons (Fsp3) is 0.889. The number of hydrogen-bond acceptors (Lipinski definition) is 2. The smallest absolute Gasteiger partial charge is 0.239 e. The summed E-state index contributed by atoms with van der Waals surface area (Å²) in [7, 11) is 0. The third kappa shape index (κ3) is 1.22. The number of rotatable bonds is 0. The van der Waals surface area contributed by atoms with Gasteiger partial charge in [-0.1, -0.05) is 0 Å². The summed E-state index contributed by atoms with van der Waals surface area (Å²) in [5, 5.41) is 0. The first-order chi connectivity index (χ1) is 5.79. The van der Waals surface area contributed by atoms with Crippen molar-refractivity contribution in [2.75, 3.05) is 6.54 Å². The van der Waals surface area contributed by atoms with Gasteiger partial charge in [0.15, 0.2) is 0 Å². The maximum absolute atomic E-state index is 11.6. The van der Waals surface area contributed by atoms with E-state index in [1.807, 2.05) is 4.90 Å². The van der Waals surface area contributed by atoms with Gasteiger partial charge in [-0.05, 0) is 32.1 Å². The minimum Gasteiger partial charge on any atom is -0.338 e. The zero-order valence-corrected chi connectivity index (χ0v) is 7.33. The van der Waals surface area contributed by atoms with Crippen molar-refractivity contribution >= 4 is 5.91 Å². The van der Waals surface area contributed by atoms with E-state index < -0.39 is 0 Å². The number of nitrogens with two attached hydrogens (primary N) is 1. The predicted octanol–water partition coefficient (Wildman–Crippen LogP) is 0.489. The molecule has 0 bridgehead atoms. The third-order valence-corrected chi connectivity index (χ3v) is 3.03. The summed E-state index contributed by atoms with van der Waals surface area (Å²) in [6.45, 7) is 0.942. The minimum atomic E-state index is -0.215. The molecule has 0 spiro atoms. The molecule has 0 radical (unpaired) electrons. The molecule has 2 rings (SSSR count). The Morgan fingerprint density at radius 1 is 1.25 bits per heavy atom. The van der Waals surface area contributed by atoms with Crippen LogP contribution >= 0.6 is 0 Å². The Hall–Kier alpha value is -0.570. The van der Waals surface area contributed by atoms with E-state index in [2.05, 4.69) is 0 Å². The molecule has 2 aliphatic heterocycles. The van der Waals surface area contributed by atoms with Crippen LogP contribution in [-0.2, 0) is 4.79 Å². The summed E-state index contributed by atoms with van der Waals surface area (Å²) < 4.78 is 0. The van der Waals surface area contributed by atoms with Crippen molar-refractivity contribution in [1.82, 2.24) is 4.90 Å². The van der Waals surface area contributed by atoms with Crippen molar-refractivity contribution in [3.05, 3.63) is 0 Å². The molecule has 1 amide bonds. The first-order valence-corrected chi connectivity index (χ1v) is 4.85. The summed E-state index contributed by atoms with van der Waals surface area (Å²) in [6.07, 6.45) is 5.53. The van der Waals surface area contributed by atoms with Crippen LogP contribution in [0.2, 0.25) is 0 Å². The SMILES string of the molecule is N[C@H]1CCCC2CCCN2C1=O. The predicted molar refractivity (Wildman–Crippen MR) is 46.6 cm³/mol. The van der Waals surface area contributed by atoms with Gasteiger partial charge in [0, 0.05) is 12.6 Å². The largest absolute Gasteiger partial charge is 0.338 e. The Balaban J connectivity index is 2.13. The molecule has 1 unspecified atom stereocenters. The van der Waals surface area contributed by atoms with Crippen molar-refractivity contribution in [2.24, 2.45) is 5.73 Å². The fourth-order valence-corrected chi connectivity index (χ4v) is 2.34. The lowest BCUT2D eigenvalue weighted by Gasteiger charge is -2.23.